The molecular formula is C23H30ClN3O. The molecule has 0 spiro atoms. The molecule has 2 aromatic carbocycles. The number of carbonyl (C=O) groups is 1. The quantitative estimate of drug-likeness (QED) is 0.757. The van der Waals surface area contributed by atoms with Crippen molar-refractivity contribution in [2.24, 2.45) is 0 Å². The van der Waals surface area contributed by atoms with Gasteiger partial charge in [0.1, 0.15) is 0 Å². The Kier molecular flexibility index (Phi) is 7.49. The van der Waals surface area contributed by atoms with Gasteiger partial charge in [0.25, 0.3) is 0 Å². The molecule has 1 heterocycles. The van der Waals surface area contributed by atoms with Gasteiger partial charge in [-0.25, -0.2) is 0 Å². The van der Waals surface area contributed by atoms with E-state index in [2.05, 4.69) is 53.2 Å². The van der Waals surface area contributed by atoms with Crippen LogP contribution in [0.4, 0.5) is 5.69 Å². The fourth-order valence-electron chi connectivity index (χ4n) is 3.78. The molecule has 1 amide bonds. The summed E-state index contributed by atoms with van der Waals surface area (Å²) in [6.07, 6.45) is 1.84. The topological polar surface area (TPSA) is 35.6 Å². The Balaban J connectivity index is 1.50. The van der Waals surface area contributed by atoms with E-state index in [4.69, 9.17) is 11.6 Å². The molecule has 2 aromatic rings. The van der Waals surface area contributed by atoms with E-state index in [-0.39, 0.29) is 5.91 Å². The number of nitrogens with zero attached hydrogens (tertiary/aromatic N) is 2. The van der Waals surface area contributed by atoms with Gasteiger partial charge in [-0.3, -0.25) is 14.6 Å². The van der Waals surface area contributed by atoms with Crippen molar-refractivity contribution in [2.45, 2.75) is 33.2 Å². The molecule has 4 nitrogen and oxygen atoms in total. The first kappa shape index (κ1) is 20.8. The van der Waals surface area contributed by atoms with Crippen LogP contribution in [-0.4, -0.2) is 48.4 Å². The number of carbonyl (C=O) groups excluding carboxylic acids is 1. The van der Waals surface area contributed by atoms with Gasteiger partial charge in [0.15, 0.2) is 0 Å². The highest BCUT2D eigenvalue weighted by Gasteiger charge is 2.20. The highest BCUT2D eigenvalue weighted by Crippen LogP contribution is 2.22. The van der Waals surface area contributed by atoms with E-state index in [9.17, 15) is 4.79 Å². The monoisotopic (exact) mass is 399 g/mol. The van der Waals surface area contributed by atoms with E-state index in [1.54, 1.807) is 0 Å². The van der Waals surface area contributed by atoms with Gasteiger partial charge >= 0.3 is 0 Å². The van der Waals surface area contributed by atoms with Gasteiger partial charge in [0, 0.05) is 43.4 Å². The zero-order valence-electron chi connectivity index (χ0n) is 16.9. The van der Waals surface area contributed by atoms with Crippen molar-refractivity contribution >= 4 is 23.2 Å². The van der Waals surface area contributed by atoms with Crippen molar-refractivity contribution < 1.29 is 4.79 Å². The zero-order chi connectivity index (χ0) is 19.9. The predicted molar refractivity (Wildman–Crippen MR) is 117 cm³/mol. The molecule has 1 fully saturated rings. The Morgan fingerprint density at radius 1 is 0.964 bits per heavy atom. The minimum atomic E-state index is 0.0823. The minimum Gasteiger partial charge on any atom is -0.324 e. The van der Waals surface area contributed by atoms with Gasteiger partial charge in [-0.1, -0.05) is 55.8 Å². The lowest BCUT2D eigenvalue weighted by Gasteiger charge is -2.34. The van der Waals surface area contributed by atoms with Crippen molar-refractivity contribution in [3.8, 4) is 0 Å². The third kappa shape index (κ3) is 5.57. The SMILES string of the molecule is CCc1cccc(CC)c1NC(=O)CN1CCN(Cc2cccc(Cl)c2)CC1. The van der Waals surface area contributed by atoms with Crippen molar-refractivity contribution in [1.82, 2.24) is 9.80 Å². The summed E-state index contributed by atoms with van der Waals surface area (Å²) in [6.45, 7) is 9.36. The van der Waals surface area contributed by atoms with Crippen molar-refractivity contribution in [3.63, 3.8) is 0 Å². The van der Waals surface area contributed by atoms with Crippen LogP contribution >= 0.6 is 11.6 Å². The third-order valence-electron chi connectivity index (χ3n) is 5.39. The number of halogens is 1. The summed E-state index contributed by atoms with van der Waals surface area (Å²) in [4.78, 5) is 17.3. The molecule has 1 aliphatic rings. The maximum atomic E-state index is 12.6. The van der Waals surface area contributed by atoms with Crippen LogP contribution in [0.15, 0.2) is 42.5 Å². The van der Waals surface area contributed by atoms with Crippen LogP contribution in [0.25, 0.3) is 0 Å². The molecule has 0 aromatic heterocycles. The third-order valence-corrected chi connectivity index (χ3v) is 5.63. The van der Waals surface area contributed by atoms with E-state index in [0.717, 1.165) is 56.3 Å². The molecule has 0 unspecified atom stereocenters. The highest BCUT2D eigenvalue weighted by molar-refractivity contribution is 6.30. The highest BCUT2D eigenvalue weighted by atomic mass is 35.5. The predicted octanol–water partition coefficient (Wildman–Crippen LogP) is 4.22. The lowest BCUT2D eigenvalue weighted by Crippen LogP contribution is -2.48. The van der Waals surface area contributed by atoms with Crippen LogP contribution in [0, 0.1) is 0 Å². The molecule has 3 rings (SSSR count). The molecule has 1 aliphatic heterocycles. The maximum Gasteiger partial charge on any atom is 0.238 e. The summed E-state index contributed by atoms with van der Waals surface area (Å²) in [5, 5.41) is 3.96. The smallest absolute Gasteiger partial charge is 0.238 e. The fraction of sp³-hybridized carbons (Fsp3) is 0.435. The molecule has 0 atom stereocenters. The first-order chi connectivity index (χ1) is 13.6. The number of piperazine rings is 1. The average Bonchev–Trinajstić information content (AvgIpc) is 2.69. The lowest BCUT2D eigenvalue weighted by molar-refractivity contribution is -0.117. The summed E-state index contributed by atoms with van der Waals surface area (Å²) in [6, 6.07) is 14.3. The van der Waals surface area contributed by atoms with Crippen molar-refractivity contribution in [1.29, 1.82) is 0 Å². The zero-order valence-corrected chi connectivity index (χ0v) is 17.6. The molecule has 150 valence electrons. The van der Waals surface area contributed by atoms with Crippen LogP contribution < -0.4 is 5.32 Å². The normalized spacial score (nSPS) is 15.5. The van der Waals surface area contributed by atoms with Crippen LogP contribution in [-0.2, 0) is 24.2 Å². The number of nitrogens with one attached hydrogen (secondary N) is 1. The van der Waals surface area contributed by atoms with Gasteiger partial charge < -0.3 is 5.32 Å². The summed E-state index contributed by atoms with van der Waals surface area (Å²) in [5.41, 5.74) is 4.66. The Morgan fingerprint density at radius 3 is 2.18 bits per heavy atom. The Hall–Kier alpha value is -1.88. The molecule has 0 saturated carbocycles. The van der Waals surface area contributed by atoms with Crippen LogP contribution in [0.1, 0.15) is 30.5 Å². The van der Waals surface area contributed by atoms with Crippen molar-refractivity contribution in [2.75, 3.05) is 38.0 Å². The number of para-hydroxylation sites is 1. The minimum absolute atomic E-state index is 0.0823. The standard InChI is InChI=1S/C23H30ClN3O/c1-3-19-8-6-9-20(4-2)23(19)25-22(28)17-27-13-11-26(12-14-27)16-18-7-5-10-21(24)15-18/h5-10,15H,3-4,11-14,16-17H2,1-2H3,(H,25,28). The number of rotatable bonds is 7. The summed E-state index contributed by atoms with van der Waals surface area (Å²) in [7, 11) is 0. The number of hydrogen-bond donors (Lipinski definition) is 1. The van der Waals surface area contributed by atoms with E-state index in [0.29, 0.717) is 6.54 Å². The van der Waals surface area contributed by atoms with Gasteiger partial charge in [-0.15, -0.1) is 0 Å². The van der Waals surface area contributed by atoms with Crippen molar-refractivity contribution in [3.05, 3.63) is 64.2 Å². The largest absolute Gasteiger partial charge is 0.324 e. The fourth-order valence-corrected chi connectivity index (χ4v) is 4.00. The number of amides is 1. The van der Waals surface area contributed by atoms with Gasteiger partial charge in [-0.2, -0.15) is 0 Å². The maximum absolute atomic E-state index is 12.6. The van der Waals surface area contributed by atoms with Gasteiger partial charge in [0.2, 0.25) is 5.91 Å². The molecule has 1 saturated heterocycles. The molecule has 1 N–H and O–H groups in total. The summed E-state index contributed by atoms with van der Waals surface area (Å²) >= 11 is 6.08. The Morgan fingerprint density at radius 2 is 1.57 bits per heavy atom. The Bertz CT molecular complexity index is 778. The second kappa shape index (κ2) is 10.1. The van der Waals surface area contributed by atoms with E-state index in [1.165, 1.54) is 16.7 Å². The second-order valence-electron chi connectivity index (χ2n) is 7.39. The lowest BCUT2D eigenvalue weighted by atomic mass is 10.0. The number of benzene rings is 2. The summed E-state index contributed by atoms with van der Waals surface area (Å²) < 4.78 is 0. The first-order valence-electron chi connectivity index (χ1n) is 10.2. The molecular weight excluding hydrogens is 370 g/mol. The molecule has 0 bridgehead atoms. The van der Waals surface area contributed by atoms with E-state index < -0.39 is 0 Å². The van der Waals surface area contributed by atoms with Gasteiger partial charge in [0.05, 0.1) is 6.54 Å². The molecule has 0 radical (unpaired) electrons. The van der Waals surface area contributed by atoms with Gasteiger partial charge in [-0.05, 0) is 41.7 Å². The average molecular weight is 400 g/mol. The van der Waals surface area contributed by atoms with Crippen LogP contribution in [0.5, 0.6) is 0 Å². The van der Waals surface area contributed by atoms with E-state index >= 15 is 0 Å². The first-order valence-corrected chi connectivity index (χ1v) is 10.6. The Labute approximate surface area is 173 Å². The van der Waals surface area contributed by atoms with Crippen LogP contribution in [0.3, 0.4) is 0 Å². The molecule has 0 aliphatic carbocycles. The molecule has 28 heavy (non-hydrogen) atoms. The second-order valence-corrected chi connectivity index (χ2v) is 7.83. The summed E-state index contributed by atoms with van der Waals surface area (Å²) in [5.74, 6) is 0.0823. The van der Waals surface area contributed by atoms with Crippen LogP contribution in [0.2, 0.25) is 5.02 Å². The number of hydrogen-bond acceptors (Lipinski definition) is 3. The molecule has 5 heteroatoms. The number of aryl methyl sites for hydroxylation is 2. The number of anilines is 1. The van der Waals surface area contributed by atoms with E-state index in [1.807, 2.05) is 18.2 Å².